The molecule has 0 aromatic heterocycles. The van der Waals surface area contributed by atoms with Gasteiger partial charge in [0, 0.05) is 10.6 Å². The standard InChI is InChI=1S/C17H18N4OS3/c1-10(2)9-24-17-20-25-16-19-15(22)13(14(18)21(16)17)8-11-4-6-12(23-3)7-5-11/h4-8,10,18H,9H2,1-3H3/b13-8-,18-14?. The predicted molar refractivity (Wildman–Crippen MR) is 111 cm³/mol. The molecule has 1 amide bonds. The number of amidine groups is 3. The van der Waals surface area contributed by atoms with Gasteiger partial charge in [0.2, 0.25) is 5.17 Å². The number of nitrogens with one attached hydrogen (secondary N) is 1. The Hall–Kier alpha value is -1.51. The number of thioether (sulfide) groups is 2. The summed E-state index contributed by atoms with van der Waals surface area (Å²) >= 11 is 4.41. The van der Waals surface area contributed by atoms with Gasteiger partial charge in [-0.05, 0) is 35.9 Å². The number of hydrogen-bond acceptors (Lipinski definition) is 6. The Labute approximate surface area is 160 Å². The summed E-state index contributed by atoms with van der Waals surface area (Å²) in [4.78, 5) is 19.3. The Morgan fingerprint density at radius 3 is 2.68 bits per heavy atom. The van der Waals surface area contributed by atoms with Crippen molar-refractivity contribution >= 4 is 63.6 Å². The minimum absolute atomic E-state index is 0.143. The third kappa shape index (κ3) is 4.02. The largest absolute Gasteiger partial charge is 0.283 e. The van der Waals surface area contributed by atoms with E-state index in [9.17, 15) is 4.79 Å². The molecule has 130 valence electrons. The zero-order chi connectivity index (χ0) is 18.0. The number of nitrogens with zero attached hydrogens (tertiary/aromatic N) is 3. The van der Waals surface area contributed by atoms with Gasteiger partial charge in [-0.2, -0.15) is 9.39 Å². The van der Waals surface area contributed by atoms with Gasteiger partial charge in [0.1, 0.15) is 5.84 Å². The fourth-order valence-electron chi connectivity index (χ4n) is 2.20. The van der Waals surface area contributed by atoms with Gasteiger partial charge in [0.25, 0.3) is 5.91 Å². The highest BCUT2D eigenvalue weighted by atomic mass is 32.2. The molecule has 0 bridgehead atoms. The van der Waals surface area contributed by atoms with Crippen LogP contribution >= 0.6 is 35.5 Å². The van der Waals surface area contributed by atoms with Gasteiger partial charge in [-0.15, -0.1) is 11.8 Å². The molecule has 0 atom stereocenters. The molecule has 1 aromatic carbocycles. The van der Waals surface area contributed by atoms with Crippen LogP contribution in [-0.4, -0.2) is 39.0 Å². The maximum Gasteiger partial charge on any atom is 0.283 e. The molecule has 0 spiro atoms. The van der Waals surface area contributed by atoms with Gasteiger partial charge in [-0.3, -0.25) is 10.2 Å². The van der Waals surface area contributed by atoms with Crippen LogP contribution in [0.4, 0.5) is 0 Å². The average Bonchev–Trinajstić information content (AvgIpc) is 3.00. The second kappa shape index (κ2) is 7.80. The molecule has 0 fully saturated rings. The van der Waals surface area contributed by atoms with Crippen LogP contribution in [0, 0.1) is 11.3 Å². The Balaban J connectivity index is 1.87. The number of amides is 1. The van der Waals surface area contributed by atoms with Crippen molar-refractivity contribution in [2.45, 2.75) is 18.7 Å². The molecular formula is C17H18N4OS3. The number of benzene rings is 1. The first-order valence-corrected chi connectivity index (χ1v) is 10.7. The van der Waals surface area contributed by atoms with E-state index < -0.39 is 0 Å². The molecule has 25 heavy (non-hydrogen) atoms. The number of carbonyl (C=O) groups is 1. The number of carbonyl (C=O) groups excluding carboxylic acids is 1. The molecular weight excluding hydrogens is 372 g/mol. The van der Waals surface area contributed by atoms with E-state index >= 15 is 0 Å². The van der Waals surface area contributed by atoms with E-state index in [4.69, 9.17) is 5.41 Å². The smallest absolute Gasteiger partial charge is 0.283 e. The Morgan fingerprint density at radius 1 is 1.32 bits per heavy atom. The maximum atomic E-state index is 12.3. The molecule has 0 saturated carbocycles. The first-order chi connectivity index (χ1) is 12.0. The third-order valence-electron chi connectivity index (χ3n) is 3.47. The van der Waals surface area contributed by atoms with E-state index in [0.29, 0.717) is 16.7 Å². The van der Waals surface area contributed by atoms with Crippen molar-refractivity contribution in [1.29, 1.82) is 5.41 Å². The SMILES string of the molecule is CSc1ccc(/C=C2/C(=N)N3C(SCC(C)C)=NSC3=NC2=O)cc1. The van der Waals surface area contributed by atoms with Gasteiger partial charge in [-0.1, -0.05) is 37.7 Å². The topological polar surface area (TPSA) is 68.9 Å². The minimum atomic E-state index is -0.386. The average molecular weight is 391 g/mol. The zero-order valence-corrected chi connectivity index (χ0v) is 16.6. The van der Waals surface area contributed by atoms with Gasteiger partial charge in [0.05, 0.1) is 17.5 Å². The highest BCUT2D eigenvalue weighted by Gasteiger charge is 2.37. The van der Waals surface area contributed by atoms with Crippen molar-refractivity contribution in [2.75, 3.05) is 12.0 Å². The number of fused-ring (bicyclic) bond motifs is 1. The van der Waals surface area contributed by atoms with E-state index in [-0.39, 0.29) is 11.7 Å². The van der Waals surface area contributed by atoms with Crippen LogP contribution in [0.2, 0.25) is 0 Å². The Morgan fingerprint density at radius 2 is 2.04 bits per heavy atom. The first kappa shape index (κ1) is 18.3. The van der Waals surface area contributed by atoms with Gasteiger partial charge in [-0.25, -0.2) is 4.90 Å². The van der Waals surface area contributed by atoms with E-state index in [2.05, 4.69) is 23.2 Å². The molecule has 8 heteroatoms. The fraction of sp³-hybridized carbons (Fsp3) is 0.294. The maximum absolute atomic E-state index is 12.3. The van der Waals surface area contributed by atoms with Crippen LogP contribution in [0.5, 0.6) is 0 Å². The molecule has 2 aliphatic heterocycles. The van der Waals surface area contributed by atoms with Crippen molar-refractivity contribution < 1.29 is 4.79 Å². The monoisotopic (exact) mass is 390 g/mol. The molecule has 0 unspecified atom stereocenters. The van der Waals surface area contributed by atoms with Crippen molar-refractivity contribution in [3.63, 3.8) is 0 Å². The van der Waals surface area contributed by atoms with Crippen LogP contribution in [0.15, 0.2) is 44.1 Å². The molecule has 3 rings (SSSR count). The highest BCUT2D eigenvalue weighted by molar-refractivity contribution is 8.19. The first-order valence-electron chi connectivity index (χ1n) is 7.75. The lowest BCUT2D eigenvalue weighted by atomic mass is 10.1. The number of aliphatic imine (C=N–C) groups is 1. The van der Waals surface area contributed by atoms with Gasteiger partial charge >= 0.3 is 0 Å². The van der Waals surface area contributed by atoms with Crippen LogP contribution < -0.4 is 0 Å². The third-order valence-corrected chi connectivity index (χ3v) is 6.39. The van der Waals surface area contributed by atoms with E-state index in [1.165, 1.54) is 0 Å². The molecule has 0 saturated heterocycles. The molecule has 0 radical (unpaired) electrons. The predicted octanol–water partition coefficient (Wildman–Crippen LogP) is 4.37. The van der Waals surface area contributed by atoms with Crippen molar-refractivity contribution in [2.24, 2.45) is 15.3 Å². The van der Waals surface area contributed by atoms with E-state index in [1.807, 2.05) is 30.5 Å². The van der Waals surface area contributed by atoms with Crippen molar-refractivity contribution in [1.82, 2.24) is 4.90 Å². The quantitative estimate of drug-likeness (QED) is 0.469. The molecule has 5 nitrogen and oxygen atoms in total. The highest BCUT2D eigenvalue weighted by Crippen LogP contribution is 2.32. The summed E-state index contributed by atoms with van der Waals surface area (Å²) in [5, 5.41) is 9.68. The van der Waals surface area contributed by atoms with Crippen molar-refractivity contribution in [3.05, 3.63) is 35.4 Å². The van der Waals surface area contributed by atoms with Crippen LogP contribution in [0.25, 0.3) is 6.08 Å². The lowest BCUT2D eigenvalue weighted by Crippen LogP contribution is -2.41. The number of rotatable bonds is 4. The summed E-state index contributed by atoms with van der Waals surface area (Å²) in [5.74, 6) is 1.18. The summed E-state index contributed by atoms with van der Waals surface area (Å²) in [5.41, 5.74) is 1.17. The lowest BCUT2D eigenvalue weighted by Gasteiger charge is -2.24. The summed E-state index contributed by atoms with van der Waals surface area (Å²) in [6.45, 7) is 4.28. The summed E-state index contributed by atoms with van der Waals surface area (Å²) in [6.07, 6.45) is 3.74. The molecule has 0 aliphatic carbocycles. The molecule has 2 aliphatic rings. The van der Waals surface area contributed by atoms with Gasteiger partial charge < -0.3 is 0 Å². The summed E-state index contributed by atoms with van der Waals surface area (Å²) in [6, 6.07) is 7.89. The van der Waals surface area contributed by atoms with E-state index in [1.54, 1.807) is 34.5 Å². The minimum Gasteiger partial charge on any atom is -0.283 e. The second-order valence-electron chi connectivity index (χ2n) is 5.88. The second-order valence-corrected chi connectivity index (χ2v) is 8.48. The van der Waals surface area contributed by atoms with Gasteiger partial charge in [0.15, 0.2) is 5.17 Å². The summed E-state index contributed by atoms with van der Waals surface area (Å²) < 4.78 is 4.37. The summed E-state index contributed by atoms with van der Waals surface area (Å²) in [7, 11) is 0. The normalized spacial score (nSPS) is 18.7. The van der Waals surface area contributed by atoms with E-state index in [0.717, 1.165) is 33.3 Å². The fourth-order valence-corrected chi connectivity index (χ4v) is 4.41. The van der Waals surface area contributed by atoms with Crippen LogP contribution in [0.1, 0.15) is 19.4 Å². The lowest BCUT2D eigenvalue weighted by molar-refractivity contribution is -0.114. The van der Waals surface area contributed by atoms with Crippen LogP contribution in [-0.2, 0) is 4.79 Å². The van der Waals surface area contributed by atoms with Crippen molar-refractivity contribution in [3.8, 4) is 0 Å². The van der Waals surface area contributed by atoms with Crippen LogP contribution in [0.3, 0.4) is 0 Å². The zero-order valence-electron chi connectivity index (χ0n) is 14.1. The molecule has 1 N–H and O–H groups in total. The Bertz CT molecular complexity index is 797. The molecule has 1 aromatic rings. The Kier molecular flexibility index (Phi) is 5.71. The number of hydrogen-bond donors (Lipinski definition) is 1. The molecule has 2 heterocycles.